The van der Waals surface area contributed by atoms with Crippen molar-refractivity contribution in [1.82, 2.24) is 0 Å². The molecule has 0 saturated heterocycles. The molecule has 0 amide bonds. The quantitative estimate of drug-likeness (QED) is 0.480. The molecule has 2 nitrogen and oxygen atoms in total. The first-order valence-corrected chi connectivity index (χ1v) is 5.30. The van der Waals surface area contributed by atoms with E-state index in [0.29, 0.717) is 6.42 Å². The number of unbranched alkanes of at least 4 members (excludes halogenated alkanes) is 2. The Hall–Kier alpha value is -1.05. The molecule has 2 heteroatoms. The van der Waals surface area contributed by atoms with Crippen LogP contribution in [0.5, 0.6) is 0 Å². The van der Waals surface area contributed by atoms with Crippen molar-refractivity contribution >= 4 is 5.78 Å². The van der Waals surface area contributed by atoms with Crippen molar-refractivity contribution in [3.63, 3.8) is 0 Å². The fourth-order valence-corrected chi connectivity index (χ4v) is 1.47. The van der Waals surface area contributed by atoms with E-state index in [9.17, 15) is 4.79 Å². The van der Waals surface area contributed by atoms with Gasteiger partial charge < -0.3 is 4.74 Å². The number of carbonyl (C=O) groups is 1. The van der Waals surface area contributed by atoms with E-state index in [4.69, 9.17) is 4.74 Å². The summed E-state index contributed by atoms with van der Waals surface area (Å²) in [4.78, 5) is 11.0. The van der Waals surface area contributed by atoms with Crippen molar-refractivity contribution in [2.75, 3.05) is 6.61 Å². The van der Waals surface area contributed by atoms with Crippen molar-refractivity contribution in [3.8, 4) is 0 Å². The van der Waals surface area contributed by atoms with Crippen LogP contribution in [0.25, 0.3) is 0 Å². The molecule has 0 spiro atoms. The van der Waals surface area contributed by atoms with Gasteiger partial charge in [-0.1, -0.05) is 6.08 Å². The molecule has 14 heavy (non-hydrogen) atoms. The first-order valence-electron chi connectivity index (χ1n) is 5.30. The topological polar surface area (TPSA) is 26.3 Å². The van der Waals surface area contributed by atoms with Gasteiger partial charge in [-0.3, -0.25) is 4.79 Å². The van der Waals surface area contributed by atoms with E-state index in [-0.39, 0.29) is 5.78 Å². The molecule has 0 aromatic rings. The lowest BCUT2D eigenvalue weighted by atomic mass is 10.1. The number of carbonyl (C=O) groups excluding carboxylic acids is 1. The van der Waals surface area contributed by atoms with Crippen LogP contribution in [-0.4, -0.2) is 12.4 Å². The summed E-state index contributed by atoms with van der Waals surface area (Å²) in [6, 6.07) is 0. The zero-order valence-corrected chi connectivity index (χ0v) is 8.63. The Bertz CT molecular complexity index is 228. The molecule has 0 fully saturated rings. The SMILES string of the molecule is C=CCCCCOC1=CC(=O)CCC1. The maximum absolute atomic E-state index is 11.0. The maximum atomic E-state index is 11.0. The van der Waals surface area contributed by atoms with Crippen molar-refractivity contribution < 1.29 is 9.53 Å². The first kappa shape index (κ1) is 11.0. The molecule has 0 bridgehead atoms. The van der Waals surface area contributed by atoms with Crippen LogP contribution in [0.15, 0.2) is 24.5 Å². The average Bonchev–Trinajstić information content (AvgIpc) is 2.18. The van der Waals surface area contributed by atoms with Gasteiger partial charge >= 0.3 is 0 Å². The molecule has 1 aliphatic carbocycles. The second-order valence-corrected chi connectivity index (χ2v) is 3.56. The summed E-state index contributed by atoms with van der Waals surface area (Å²) < 4.78 is 5.51. The molecule has 0 unspecified atom stereocenters. The van der Waals surface area contributed by atoms with Gasteiger partial charge in [-0.2, -0.15) is 0 Å². The minimum absolute atomic E-state index is 0.206. The second kappa shape index (κ2) is 6.41. The fraction of sp³-hybridized carbons (Fsp3) is 0.583. The summed E-state index contributed by atoms with van der Waals surface area (Å²) in [7, 11) is 0. The standard InChI is InChI=1S/C12H18O2/c1-2-3-4-5-9-14-12-8-6-7-11(13)10-12/h2,10H,1,3-9H2. The Morgan fingerprint density at radius 1 is 1.43 bits per heavy atom. The Balaban J connectivity index is 2.11. The maximum Gasteiger partial charge on any atom is 0.159 e. The predicted octanol–water partition coefficient (Wildman–Crippen LogP) is 3.00. The van der Waals surface area contributed by atoms with Gasteiger partial charge in [0.2, 0.25) is 0 Å². The smallest absolute Gasteiger partial charge is 0.159 e. The number of hydrogen-bond donors (Lipinski definition) is 0. The van der Waals surface area contributed by atoms with Crippen molar-refractivity contribution in [2.24, 2.45) is 0 Å². The van der Waals surface area contributed by atoms with Crippen LogP contribution in [0.2, 0.25) is 0 Å². The van der Waals surface area contributed by atoms with E-state index in [2.05, 4.69) is 6.58 Å². The lowest BCUT2D eigenvalue weighted by Gasteiger charge is -2.13. The first-order chi connectivity index (χ1) is 6.83. The van der Waals surface area contributed by atoms with Crippen LogP contribution in [0.1, 0.15) is 38.5 Å². The monoisotopic (exact) mass is 194 g/mol. The minimum Gasteiger partial charge on any atom is -0.498 e. The number of allylic oxidation sites excluding steroid dienone is 3. The van der Waals surface area contributed by atoms with E-state index >= 15 is 0 Å². The number of ether oxygens (including phenoxy) is 1. The third kappa shape index (κ3) is 4.26. The summed E-state index contributed by atoms with van der Waals surface area (Å²) in [6.07, 6.45) is 9.32. The van der Waals surface area contributed by atoms with Crippen LogP contribution in [0.3, 0.4) is 0 Å². The summed E-state index contributed by atoms with van der Waals surface area (Å²) in [6.45, 7) is 4.39. The third-order valence-electron chi connectivity index (χ3n) is 2.26. The molecule has 78 valence electrons. The van der Waals surface area contributed by atoms with E-state index in [1.807, 2.05) is 6.08 Å². The molecule has 0 aromatic carbocycles. The Morgan fingerprint density at radius 2 is 2.29 bits per heavy atom. The second-order valence-electron chi connectivity index (χ2n) is 3.56. The molecule has 0 heterocycles. The van der Waals surface area contributed by atoms with Crippen molar-refractivity contribution in [1.29, 1.82) is 0 Å². The highest BCUT2D eigenvalue weighted by atomic mass is 16.5. The molecule has 0 radical (unpaired) electrons. The zero-order chi connectivity index (χ0) is 10.2. The number of ketones is 1. The highest BCUT2D eigenvalue weighted by Crippen LogP contribution is 2.16. The Kier molecular flexibility index (Phi) is 5.05. The molecule has 0 N–H and O–H groups in total. The van der Waals surface area contributed by atoms with Gasteiger partial charge in [-0.25, -0.2) is 0 Å². The van der Waals surface area contributed by atoms with Crippen LogP contribution >= 0.6 is 0 Å². The zero-order valence-electron chi connectivity index (χ0n) is 8.63. The Labute approximate surface area is 85.6 Å². The molecule has 0 atom stereocenters. The summed E-state index contributed by atoms with van der Waals surface area (Å²) in [5.41, 5.74) is 0. The van der Waals surface area contributed by atoms with E-state index in [0.717, 1.165) is 44.5 Å². The van der Waals surface area contributed by atoms with E-state index < -0.39 is 0 Å². The largest absolute Gasteiger partial charge is 0.498 e. The highest BCUT2D eigenvalue weighted by Gasteiger charge is 2.10. The van der Waals surface area contributed by atoms with Gasteiger partial charge in [0.05, 0.1) is 12.4 Å². The molecule has 1 rings (SSSR count). The summed E-state index contributed by atoms with van der Waals surface area (Å²) in [5, 5.41) is 0. The third-order valence-corrected chi connectivity index (χ3v) is 2.26. The van der Waals surface area contributed by atoms with Gasteiger partial charge in [0.25, 0.3) is 0 Å². The fourth-order valence-electron chi connectivity index (χ4n) is 1.47. The normalized spacial score (nSPS) is 16.3. The van der Waals surface area contributed by atoms with Gasteiger partial charge in [-0.05, 0) is 25.7 Å². The van der Waals surface area contributed by atoms with Crippen molar-refractivity contribution in [3.05, 3.63) is 24.5 Å². The lowest BCUT2D eigenvalue weighted by molar-refractivity contribution is -0.115. The lowest BCUT2D eigenvalue weighted by Crippen LogP contribution is -2.05. The summed E-state index contributed by atoms with van der Waals surface area (Å²) in [5.74, 6) is 1.08. The molecule has 0 aliphatic heterocycles. The number of rotatable bonds is 6. The van der Waals surface area contributed by atoms with Gasteiger partial charge in [0.1, 0.15) is 0 Å². The van der Waals surface area contributed by atoms with E-state index in [1.165, 1.54) is 0 Å². The van der Waals surface area contributed by atoms with Crippen LogP contribution in [-0.2, 0) is 9.53 Å². The van der Waals surface area contributed by atoms with Crippen LogP contribution < -0.4 is 0 Å². The van der Waals surface area contributed by atoms with E-state index in [1.54, 1.807) is 6.08 Å². The van der Waals surface area contributed by atoms with Gasteiger partial charge in [0, 0.05) is 18.9 Å². The number of hydrogen-bond acceptors (Lipinski definition) is 2. The highest BCUT2D eigenvalue weighted by molar-refractivity contribution is 5.90. The predicted molar refractivity (Wildman–Crippen MR) is 56.9 cm³/mol. The van der Waals surface area contributed by atoms with Gasteiger partial charge in [0.15, 0.2) is 5.78 Å². The average molecular weight is 194 g/mol. The Morgan fingerprint density at radius 3 is 3.00 bits per heavy atom. The van der Waals surface area contributed by atoms with Crippen LogP contribution in [0, 0.1) is 0 Å². The molecular weight excluding hydrogens is 176 g/mol. The molecule has 0 aromatic heterocycles. The molecule has 0 saturated carbocycles. The molecule has 1 aliphatic rings. The van der Waals surface area contributed by atoms with Crippen LogP contribution in [0.4, 0.5) is 0 Å². The van der Waals surface area contributed by atoms with Gasteiger partial charge in [-0.15, -0.1) is 6.58 Å². The minimum atomic E-state index is 0.206. The summed E-state index contributed by atoms with van der Waals surface area (Å²) >= 11 is 0. The van der Waals surface area contributed by atoms with Crippen molar-refractivity contribution in [2.45, 2.75) is 38.5 Å². The molecular formula is C12H18O2.